The Morgan fingerprint density at radius 1 is 0.517 bits per heavy atom. The second-order valence-corrected chi connectivity index (χ2v) is 8.08. The molecule has 0 unspecified atom stereocenters. The Balaban J connectivity index is 1.77. The molecular formula is C23H27N2O3P. The predicted molar refractivity (Wildman–Crippen MR) is 122 cm³/mol. The van der Waals surface area contributed by atoms with Crippen molar-refractivity contribution in [3.05, 3.63) is 78.4 Å². The normalized spacial score (nSPS) is 10.6. The first-order valence-electron chi connectivity index (χ1n) is 9.36. The van der Waals surface area contributed by atoms with Gasteiger partial charge in [-0.3, -0.25) is 0 Å². The van der Waals surface area contributed by atoms with Gasteiger partial charge in [-0.25, -0.2) is 0 Å². The maximum absolute atomic E-state index is 6.06. The number of rotatable bonds is 8. The summed E-state index contributed by atoms with van der Waals surface area (Å²) in [5, 5.41) is 0. The second kappa shape index (κ2) is 9.53. The van der Waals surface area contributed by atoms with Gasteiger partial charge in [0.05, 0.1) is 0 Å². The molecule has 152 valence electrons. The summed E-state index contributed by atoms with van der Waals surface area (Å²) < 4.78 is 18.1. The Morgan fingerprint density at radius 2 is 0.828 bits per heavy atom. The molecule has 0 heterocycles. The monoisotopic (exact) mass is 410 g/mol. The van der Waals surface area contributed by atoms with Crippen LogP contribution in [-0.4, -0.2) is 28.2 Å². The van der Waals surface area contributed by atoms with Crippen LogP contribution in [0.4, 0.5) is 11.4 Å². The van der Waals surface area contributed by atoms with Gasteiger partial charge >= 0.3 is 8.60 Å². The Labute approximate surface area is 174 Å². The van der Waals surface area contributed by atoms with E-state index in [9.17, 15) is 0 Å². The maximum Gasteiger partial charge on any atom is 0.530 e. The SMILES string of the molecule is Cc1ccc(OP(Oc2ccc(N(C)C)cc2)Oc2ccc(N(C)C)cc2)cc1. The molecule has 0 fully saturated rings. The van der Waals surface area contributed by atoms with E-state index >= 15 is 0 Å². The van der Waals surface area contributed by atoms with Gasteiger partial charge in [0.1, 0.15) is 17.2 Å². The molecule has 0 bridgehead atoms. The standard InChI is InChI=1S/C23H27N2O3P/c1-18-6-12-21(13-7-18)26-29(27-22-14-8-19(9-15-22)24(2)3)28-23-16-10-20(11-17-23)25(4)5/h6-17H,1-5H3. The summed E-state index contributed by atoms with van der Waals surface area (Å²) in [6, 6.07) is 23.5. The highest BCUT2D eigenvalue weighted by Crippen LogP contribution is 2.42. The number of hydrogen-bond acceptors (Lipinski definition) is 5. The Hall–Kier alpha value is -2.91. The zero-order valence-electron chi connectivity index (χ0n) is 17.5. The second-order valence-electron chi connectivity index (χ2n) is 7.09. The summed E-state index contributed by atoms with van der Waals surface area (Å²) in [5.41, 5.74) is 3.37. The summed E-state index contributed by atoms with van der Waals surface area (Å²) in [7, 11) is 6.34. The van der Waals surface area contributed by atoms with Crippen LogP contribution in [0.2, 0.25) is 0 Å². The van der Waals surface area contributed by atoms with E-state index in [-0.39, 0.29) is 0 Å². The molecule has 0 saturated carbocycles. The van der Waals surface area contributed by atoms with Crippen LogP contribution >= 0.6 is 8.60 Å². The number of benzene rings is 3. The number of hydrogen-bond donors (Lipinski definition) is 0. The minimum absolute atomic E-state index is 0.693. The van der Waals surface area contributed by atoms with Crippen molar-refractivity contribution < 1.29 is 13.6 Å². The van der Waals surface area contributed by atoms with Crippen molar-refractivity contribution in [1.29, 1.82) is 0 Å². The van der Waals surface area contributed by atoms with E-state index in [1.807, 2.05) is 118 Å². The molecule has 0 aliphatic heterocycles. The van der Waals surface area contributed by atoms with Crippen molar-refractivity contribution in [2.45, 2.75) is 6.92 Å². The summed E-state index contributed by atoms with van der Waals surface area (Å²) in [6.45, 7) is 2.04. The molecule has 0 N–H and O–H groups in total. The molecule has 0 saturated heterocycles. The van der Waals surface area contributed by atoms with Gasteiger partial charge in [-0.1, -0.05) is 17.7 Å². The molecule has 0 atom stereocenters. The van der Waals surface area contributed by atoms with Crippen molar-refractivity contribution in [1.82, 2.24) is 0 Å². The third-order valence-corrected chi connectivity index (χ3v) is 5.35. The molecular weight excluding hydrogens is 383 g/mol. The van der Waals surface area contributed by atoms with Crippen LogP contribution in [-0.2, 0) is 0 Å². The van der Waals surface area contributed by atoms with Crippen LogP contribution in [0, 0.1) is 6.92 Å². The largest absolute Gasteiger partial charge is 0.530 e. The predicted octanol–water partition coefficient (Wildman–Crippen LogP) is 5.89. The van der Waals surface area contributed by atoms with E-state index in [0.717, 1.165) is 11.4 Å². The molecule has 0 aliphatic rings. The van der Waals surface area contributed by atoms with E-state index < -0.39 is 8.60 Å². The molecule has 3 aromatic carbocycles. The molecule has 0 spiro atoms. The fourth-order valence-electron chi connectivity index (χ4n) is 2.52. The fourth-order valence-corrected chi connectivity index (χ4v) is 3.52. The van der Waals surface area contributed by atoms with Crippen molar-refractivity contribution in [3.8, 4) is 17.2 Å². The van der Waals surface area contributed by atoms with Gasteiger partial charge in [-0.05, 0) is 67.6 Å². The van der Waals surface area contributed by atoms with Crippen molar-refractivity contribution >= 4 is 20.0 Å². The molecule has 0 radical (unpaired) electrons. The van der Waals surface area contributed by atoms with Crippen LogP contribution in [0.15, 0.2) is 72.8 Å². The van der Waals surface area contributed by atoms with Gasteiger partial charge in [0.25, 0.3) is 0 Å². The maximum atomic E-state index is 6.06. The van der Waals surface area contributed by atoms with Gasteiger partial charge in [0.2, 0.25) is 0 Å². The lowest BCUT2D eigenvalue weighted by Gasteiger charge is -2.19. The highest BCUT2D eigenvalue weighted by atomic mass is 31.2. The van der Waals surface area contributed by atoms with Crippen LogP contribution in [0.25, 0.3) is 0 Å². The highest BCUT2D eigenvalue weighted by molar-refractivity contribution is 7.43. The molecule has 29 heavy (non-hydrogen) atoms. The smallest absolute Gasteiger partial charge is 0.409 e. The molecule has 3 aromatic rings. The van der Waals surface area contributed by atoms with E-state index in [0.29, 0.717) is 17.2 Å². The summed E-state index contributed by atoms with van der Waals surface area (Å²) in [5.74, 6) is 2.09. The molecule has 0 aliphatic carbocycles. The number of aryl methyl sites for hydroxylation is 1. The molecule has 0 aromatic heterocycles. The Bertz CT molecular complexity index is 841. The van der Waals surface area contributed by atoms with Crippen LogP contribution in [0.5, 0.6) is 17.2 Å². The first kappa shape index (κ1) is 20.8. The summed E-state index contributed by atoms with van der Waals surface area (Å²) >= 11 is 0. The number of nitrogens with zero attached hydrogens (tertiary/aromatic N) is 2. The first-order chi connectivity index (χ1) is 13.9. The van der Waals surface area contributed by atoms with E-state index in [1.165, 1.54) is 5.56 Å². The fraction of sp³-hybridized carbons (Fsp3) is 0.217. The lowest BCUT2D eigenvalue weighted by Crippen LogP contribution is -2.08. The van der Waals surface area contributed by atoms with Gasteiger partial charge in [-0.15, -0.1) is 0 Å². The van der Waals surface area contributed by atoms with Crippen molar-refractivity contribution in [2.24, 2.45) is 0 Å². The van der Waals surface area contributed by atoms with Crippen molar-refractivity contribution in [3.63, 3.8) is 0 Å². The third-order valence-electron chi connectivity index (χ3n) is 4.27. The Morgan fingerprint density at radius 3 is 1.14 bits per heavy atom. The first-order valence-corrected chi connectivity index (χ1v) is 10.5. The average Bonchev–Trinajstić information content (AvgIpc) is 2.70. The van der Waals surface area contributed by atoms with Gasteiger partial charge in [0.15, 0.2) is 0 Å². The van der Waals surface area contributed by atoms with Crippen LogP contribution < -0.4 is 23.4 Å². The third kappa shape index (κ3) is 6.03. The van der Waals surface area contributed by atoms with Gasteiger partial charge in [0, 0.05) is 39.6 Å². The lowest BCUT2D eigenvalue weighted by molar-refractivity contribution is 0.388. The highest BCUT2D eigenvalue weighted by Gasteiger charge is 2.20. The molecule has 0 amide bonds. The topological polar surface area (TPSA) is 34.2 Å². The van der Waals surface area contributed by atoms with Gasteiger partial charge < -0.3 is 23.4 Å². The van der Waals surface area contributed by atoms with E-state index in [2.05, 4.69) is 0 Å². The summed E-state index contributed by atoms with van der Waals surface area (Å²) in [4.78, 5) is 4.08. The quantitative estimate of drug-likeness (QED) is 0.433. The number of anilines is 2. The van der Waals surface area contributed by atoms with E-state index in [1.54, 1.807) is 0 Å². The van der Waals surface area contributed by atoms with Crippen LogP contribution in [0.3, 0.4) is 0 Å². The zero-order chi connectivity index (χ0) is 20.8. The minimum atomic E-state index is -1.68. The van der Waals surface area contributed by atoms with Crippen molar-refractivity contribution in [2.75, 3.05) is 38.0 Å². The molecule has 6 heteroatoms. The van der Waals surface area contributed by atoms with Gasteiger partial charge in [-0.2, -0.15) is 0 Å². The lowest BCUT2D eigenvalue weighted by atomic mass is 10.2. The van der Waals surface area contributed by atoms with Crippen LogP contribution in [0.1, 0.15) is 5.56 Å². The van der Waals surface area contributed by atoms with E-state index in [4.69, 9.17) is 13.6 Å². The molecule has 3 rings (SSSR count). The summed E-state index contributed by atoms with van der Waals surface area (Å²) in [6.07, 6.45) is 0. The average molecular weight is 410 g/mol. The molecule has 5 nitrogen and oxygen atoms in total. The Kier molecular flexibility index (Phi) is 6.84. The zero-order valence-corrected chi connectivity index (χ0v) is 18.4. The minimum Gasteiger partial charge on any atom is -0.409 e.